The monoisotopic (exact) mass is 162 g/mol. The summed E-state index contributed by atoms with van der Waals surface area (Å²) in [6.07, 6.45) is 2.47. The molecule has 0 bridgehead atoms. The Kier molecular flexibility index (Phi) is 1.63. The second kappa shape index (κ2) is 2.77. The van der Waals surface area contributed by atoms with Gasteiger partial charge in [-0.3, -0.25) is 0 Å². The van der Waals surface area contributed by atoms with Crippen molar-refractivity contribution in [1.29, 1.82) is 0 Å². The minimum Gasteiger partial charge on any atom is -0.355 e. The molecule has 3 heteroatoms. The fraction of sp³-hybridized carbons (Fsp3) is 0. The Hall–Kier alpha value is -1.64. The van der Waals surface area contributed by atoms with Gasteiger partial charge in [0.05, 0.1) is 5.56 Å². The summed E-state index contributed by atoms with van der Waals surface area (Å²) in [5.41, 5.74) is 0.409. The number of nitrogens with zero attached hydrogens (tertiary/aromatic N) is 1. The van der Waals surface area contributed by atoms with Crippen molar-refractivity contribution in [1.82, 2.24) is 5.16 Å². The number of halogens is 1. The van der Waals surface area contributed by atoms with Gasteiger partial charge in [0.25, 0.3) is 0 Å². The number of hydrogen-bond acceptors (Lipinski definition) is 2. The summed E-state index contributed by atoms with van der Waals surface area (Å²) in [4.78, 5) is 0. The van der Waals surface area contributed by atoms with Crippen LogP contribution in [0.4, 0.5) is 4.39 Å². The van der Waals surface area contributed by atoms with Gasteiger partial charge in [-0.2, -0.15) is 0 Å². The Morgan fingerprint density at radius 2 is 2.17 bits per heavy atom. The van der Waals surface area contributed by atoms with Gasteiger partial charge >= 0.3 is 0 Å². The van der Waals surface area contributed by atoms with E-state index < -0.39 is 0 Å². The first-order valence-electron chi connectivity index (χ1n) is 3.45. The van der Waals surface area contributed by atoms with Crippen molar-refractivity contribution in [2.75, 3.05) is 0 Å². The summed E-state index contributed by atoms with van der Waals surface area (Å²) in [5, 5.41) is 3.37. The summed E-state index contributed by atoms with van der Waals surface area (Å²) in [5.74, 6) is 0.0794. The molecule has 0 N–H and O–H groups in total. The average Bonchev–Trinajstić information content (AvgIpc) is 2.57. The van der Waals surface area contributed by atoms with E-state index in [1.54, 1.807) is 18.2 Å². The molecule has 0 atom stereocenters. The van der Waals surface area contributed by atoms with Gasteiger partial charge in [-0.1, -0.05) is 17.3 Å². The molecule has 2 rings (SSSR count). The SMILES string of the molecule is Fc1ccccc1-c1c[c]no1. The van der Waals surface area contributed by atoms with Crippen LogP contribution in [0.5, 0.6) is 0 Å². The molecule has 1 radical (unpaired) electrons. The molecule has 2 aromatic rings. The fourth-order valence-electron chi connectivity index (χ4n) is 0.975. The maximum atomic E-state index is 13.1. The van der Waals surface area contributed by atoms with E-state index in [2.05, 4.69) is 11.4 Å². The largest absolute Gasteiger partial charge is 0.355 e. The van der Waals surface area contributed by atoms with Gasteiger partial charge in [0, 0.05) is 6.07 Å². The Labute approximate surface area is 68.6 Å². The first-order chi connectivity index (χ1) is 5.88. The van der Waals surface area contributed by atoms with E-state index in [9.17, 15) is 4.39 Å². The molecule has 0 spiro atoms. The van der Waals surface area contributed by atoms with E-state index in [4.69, 9.17) is 4.52 Å². The molecular formula is C9H5FNO. The molecule has 59 valence electrons. The van der Waals surface area contributed by atoms with Crippen LogP contribution in [0.1, 0.15) is 0 Å². The van der Waals surface area contributed by atoms with Crippen molar-refractivity contribution in [3.05, 3.63) is 42.3 Å². The number of aromatic nitrogens is 1. The van der Waals surface area contributed by atoms with Crippen LogP contribution in [0.2, 0.25) is 0 Å². The van der Waals surface area contributed by atoms with Gasteiger partial charge in [0.2, 0.25) is 0 Å². The zero-order valence-electron chi connectivity index (χ0n) is 6.12. The summed E-state index contributed by atoms with van der Waals surface area (Å²) < 4.78 is 17.8. The molecule has 0 saturated carbocycles. The van der Waals surface area contributed by atoms with E-state index in [0.29, 0.717) is 11.3 Å². The van der Waals surface area contributed by atoms with Crippen LogP contribution < -0.4 is 0 Å². The van der Waals surface area contributed by atoms with Crippen LogP contribution in [0.25, 0.3) is 11.3 Å². The van der Waals surface area contributed by atoms with Crippen LogP contribution in [-0.4, -0.2) is 5.16 Å². The van der Waals surface area contributed by atoms with E-state index >= 15 is 0 Å². The fourth-order valence-corrected chi connectivity index (χ4v) is 0.975. The molecule has 0 amide bonds. The predicted octanol–water partition coefficient (Wildman–Crippen LogP) is 2.28. The first-order valence-corrected chi connectivity index (χ1v) is 3.45. The quantitative estimate of drug-likeness (QED) is 0.642. The minimum absolute atomic E-state index is 0.317. The van der Waals surface area contributed by atoms with Gasteiger partial charge in [-0.15, -0.1) is 0 Å². The van der Waals surface area contributed by atoms with Crippen LogP contribution in [0.3, 0.4) is 0 Å². The lowest BCUT2D eigenvalue weighted by molar-refractivity contribution is 0.428. The van der Waals surface area contributed by atoms with Gasteiger partial charge < -0.3 is 4.52 Å². The summed E-state index contributed by atoms with van der Waals surface area (Å²) in [6, 6.07) is 7.86. The summed E-state index contributed by atoms with van der Waals surface area (Å²) in [7, 11) is 0. The summed E-state index contributed by atoms with van der Waals surface area (Å²) in [6.45, 7) is 0. The van der Waals surface area contributed by atoms with Crippen LogP contribution in [0, 0.1) is 12.0 Å². The number of hydrogen-bond donors (Lipinski definition) is 0. The van der Waals surface area contributed by atoms with Gasteiger partial charge in [-0.25, -0.2) is 4.39 Å². The Balaban J connectivity index is 2.55. The topological polar surface area (TPSA) is 26.0 Å². The molecule has 12 heavy (non-hydrogen) atoms. The van der Waals surface area contributed by atoms with E-state index in [-0.39, 0.29) is 5.82 Å². The first kappa shape index (κ1) is 7.03. The highest BCUT2D eigenvalue weighted by Crippen LogP contribution is 2.20. The zero-order chi connectivity index (χ0) is 8.39. The standard InChI is InChI=1S/C9H5FNO/c10-8-4-2-1-3-7(8)9-5-6-11-12-9/h1-5H. The van der Waals surface area contributed by atoms with Gasteiger partial charge in [0.1, 0.15) is 12.0 Å². The number of benzene rings is 1. The smallest absolute Gasteiger partial charge is 0.170 e. The van der Waals surface area contributed by atoms with Gasteiger partial charge in [-0.05, 0) is 12.1 Å². The van der Waals surface area contributed by atoms with E-state index in [1.165, 1.54) is 12.1 Å². The number of rotatable bonds is 1. The molecule has 0 fully saturated rings. The highest BCUT2D eigenvalue weighted by atomic mass is 19.1. The van der Waals surface area contributed by atoms with E-state index in [1.807, 2.05) is 0 Å². The lowest BCUT2D eigenvalue weighted by Gasteiger charge is -1.95. The Morgan fingerprint density at radius 3 is 2.83 bits per heavy atom. The Bertz CT molecular complexity index is 370. The van der Waals surface area contributed by atoms with Crippen molar-refractivity contribution in [3.8, 4) is 11.3 Å². The normalized spacial score (nSPS) is 10.1. The maximum absolute atomic E-state index is 13.1. The highest BCUT2D eigenvalue weighted by Gasteiger charge is 2.06. The molecule has 0 aliphatic heterocycles. The maximum Gasteiger partial charge on any atom is 0.170 e. The molecule has 2 nitrogen and oxygen atoms in total. The lowest BCUT2D eigenvalue weighted by atomic mass is 10.2. The lowest BCUT2D eigenvalue weighted by Crippen LogP contribution is -1.79. The molecule has 0 saturated heterocycles. The predicted molar refractivity (Wildman–Crippen MR) is 40.7 cm³/mol. The highest BCUT2D eigenvalue weighted by molar-refractivity contribution is 5.56. The average molecular weight is 162 g/mol. The van der Waals surface area contributed by atoms with Crippen LogP contribution in [0.15, 0.2) is 34.9 Å². The molecule has 0 unspecified atom stereocenters. The third-order valence-corrected chi connectivity index (χ3v) is 1.53. The third-order valence-electron chi connectivity index (χ3n) is 1.53. The minimum atomic E-state index is -0.317. The molecule has 1 aromatic carbocycles. The van der Waals surface area contributed by atoms with Crippen molar-refractivity contribution in [2.45, 2.75) is 0 Å². The van der Waals surface area contributed by atoms with Crippen LogP contribution in [-0.2, 0) is 0 Å². The zero-order valence-corrected chi connectivity index (χ0v) is 6.12. The van der Waals surface area contributed by atoms with Gasteiger partial charge in [0.15, 0.2) is 5.76 Å². The molecule has 0 aliphatic rings. The second-order valence-electron chi connectivity index (χ2n) is 2.30. The van der Waals surface area contributed by atoms with E-state index in [0.717, 1.165) is 0 Å². The molecular weight excluding hydrogens is 157 g/mol. The van der Waals surface area contributed by atoms with Crippen molar-refractivity contribution in [3.63, 3.8) is 0 Å². The Morgan fingerprint density at radius 1 is 1.33 bits per heavy atom. The van der Waals surface area contributed by atoms with Crippen molar-refractivity contribution < 1.29 is 8.91 Å². The molecule has 0 aliphatic carbocycles. The summed E-state index contributed by atoms with van der Waals surface area (Å²) >= 11 is 0. The van der Waals surface area contributed by atoms with Crippen LogP contribution >= 0.6 is 0 Å². The van der Waals surface area contributed by atoms with Crippen molar-refractivity contribution >= 4 is 0 Å². The second-order valence-corrected chi connectivity index (χ2v) is 2.30. The third kappa shape index (κ3) is 1.09. The van der Waals surface area contributed by atoms with Crippen molar-refractivity contribution in [2.24, 2.45) is 0 Å². The molecule has 1 aromatic heterocycles. The molecule has 1 heterocycles.